The van der Waals surface area contributed by atoms with E-state index in [1.54, 1.807) is 13.2 Å². The second kappa shape index (κ2) is 7.82. The molecule has 1 aromatic rings. The summed E-state index contributed by atoms with van der Waals surface area (Å²) in [5.41, 5.74) is 0.458. The molecule has 0 spiro atoms. The van der Waals surface area contributed by atoms with Crippen molar-refractivity contribution in [1.82, 2.24) is 15.3 Å². The Morgan fingerprint density at radius 3 is 2.70 bits per heavy atom. The third kappa shape index (κ3) is 5.55. The maximum atomic E-state index is 12.0. The first kappa shape index (κ1) is 16.4. The molecule has 0 unspecified atom stereocenters. The van der Waals surface area contributed by atoms with Crippen LogP contribution in [0.5, 0.6) is 0 Å². The zero-order valence-electron chi connectivity index (χ0n) is 13.0. The molecule has 1 aromatic heterocycles. The van der Waals surface area contributed by atoms with Gasteiger partial charge in [-0.15, -0.1) is 0 Å². The van der Waals surface area contributed by atoms with Crippen LogP contribution in [0, 0.1) is 5.41 Å². The predicted molar refractivity (Wildman–Crippen MR) is 81.8 cm³/mol. The van der Waals surface area contributed by atoms with Crippen molar-refractivity contribution < 1.29 is 4.79 Å². The Morgan fingerprint density at radius 1 is 1.30 bits per heavy atom. The molecule has 0 aliphatic carbocycles. The lowest BCUT2D eigenvalue weighted by molar-refractivity contribution is 0.0928. The van der Waals surface area contributed by atoms with Crippen molar-refractivity contribution in [2.45, 2.75) is 46.5 Å². The minimum atomic E-state index is -0.168. The van der Waals surface area contributed by atoms with Crippen LogP contribution >= 0.6 is 0 Å². The Bertz CT molecular complexity index is 432. The number of unbranched alkanes of at least 4 members (excludes halogenated alkanes) is 2. The monoisotopic (exact) mass is 278 g/mol. The molecule has 0 aliphatic rings. The van der Waals surface area contributed by atoms with Gasteiger partial charge in [-0.1, -0.05) is 40.0 Å². The number of carbonyl (C=O) groups excluding carboxylic acids is 1. The molecular weight excluding hydrogens is 252 g/mol. The number of nitrogens with zero attached hydrogens (tertiary/aromatic N) is 2. The van der Waals surface area contributed by atoms with Gasteiger partial charge in [-0.25, -0.2) is 4.98 Å². The quantitative estimate of drug-likeness (QED) is 0.718. The number of hydrogen-bond acceptors (Lipinski definition) is 4. The van der Waals surface area contributed by atoms with Crippen LogP contribution < -0.4 is 10.6 Å². The summed E-state index contributed by atoms with van der Waals surface area (Å²) >= 11 is 0. The second-order valence-corrected chi connectivity index (χ2v) is 5.84. The predicted octanol–water partition coefficient (Wildman–Crippen LogP) is 2.85. The number of nitrogens with one attached hydrogen (secondary N) is 2. The third-order valence-corrected chi connectivity index (χ3v) is 3.31. The van der Waals surface area contributed by atoms with Crippen LogP contribution in [0.15, 0.2) is 12.4 Å². The van der Waals surface area contributed by atoms with Gasteiger partial charge in [0.2, 0.25) is 0 Å². The van der Waals surface area contributed by atoms with Gasteiger partial charge in [0.15, 0.2) is 0 Å². The average molecular weight is 278 g/mol. The molecule has 0 atom stereocenters. The summed E-state index contributed by atoms with van der Waals surface area (Å²) in [5, 5.41) is 5.82. The van der Waals surface area contributed by atoms with E-state index < -0.39 is 0 Å². The summed E-state index contributed by atoms with van der Waals surface area (Å²) in [5.74, 6) is 0.429. The van der Waals surface area contributed by atoms with E-state index >= 15 is 0 Å². The summed E-state index contributed by atoms with van der Waals surface area (Å²) < 4.78 is 0. The normalized spacial score (nSPS) is 11.2. The van der Waals surface area contributed by atoms with Gasteiger partial charge in [0.1, 0.15) is 11.5 Å². The fourth-order valence-electron chi connectivity index (χ4n) is 1.95. The molecule has 0 aliphatic heterocycles. The van der Waals surface area contributed by atoms with Gasteiger partial charge in [0.05, 0.1) is 12.4 Å². The maximum absolute atomic E-state index is 12.0. The van der Waals surface area contributed by atoms with E-state index in [0.29, 0.717) is 18.1 Å². The van der Waals surface area contributed by atoms with Crippen LogP contribution in [0.3, 0.4) is 0 Å². The smallest absolute Gasteiger partial charge is 0.271 e. The van der Waals surface area contributed by atoms with Crippen molar-refractivity contribution in [2.75, 3.05) is 18.9 Å². The summed E-state index contributed by atoms with van der Waals surface area (Å²) in [6, 6.07) is 0. The van der Waals surface area contributed by atoms with E-state index in [2.05, 4.69) is 41.4 Å². The van der Waals surface area contributed by atoms with Crippen LogP contribution in [0.4, 0.5) is 5.82 Å². The Kier molecular flexibility index (Phi) is 6.42. The topological polar surface area (TPSA) is 66.9 Å². The average Bonchev–Trinajstić information content (AvgIpc) is 2.45. The van der Waals surface area contributed by atoms with Crippen molar-refractivity contribution >= 4 is 11.7 Å². The van der Waals surface area contributed by atoms with E-state index in [1.165, 1.54) is 25.5 Å². The largest absolute Gasteiger partial charge is 0.372 e. The third-order valence-electron chi connectivity index (χ3n) is 3.31. The van der Waals surface area contributed by atoms with Gasteiger partial charge in [0, 0.05) is 13.6 Å². The van der Waals surface area contributed by atoms with E-state index in [9.17, 15) is 4.79 Å². The zero-order chi connectivity index (χ0) is 15.0. The van der Waals surface area contributed by atoms with E-state index in [0.717, 1.165) is 6.42 Å². The molecule has 0 radical (unpaired) electrons. The first-order valence-corrected chi connectivity index (χ1v) is 7.26. The lowest BCUT2D eigenvalue weighted by atomic mass is 9.87. The zero-order valence-corrected chi connectivity index (χ0v) is 13.0. The molecule has 1 amide bonds. The Balaban J connectivity index is 2.49. The maximum Gasteiger partial charge on any atom is 0.271 e. The Labute approximate surface area is 121 Å². The van der Waals surface area contributed by atoms with Crippen molar-refractivity contribution in [3.05, 3.63) is 18.1 Å². The van der Waals surface area contributed by atoms with E-state index in [4.69, 9.17) is 0 Å². The molecule has 1 heterocycles. The lowest BCUT2D eigenvalue weighted by Gasteiger charge is -2.24. The van der Waals surface area contributed by atoms with Gasteiger partial charge in [-0.2, -0.15) is 0 Å². The lowest BCUT2D eigenvalue weighted by Crippen LogP contribution is -2.34. The van der Waals surface area contributed by atoms with Crippen molar-refractivity contribution in [3.8, 4) is 0 Å². The van der Waals surface area contributed by atoms with Gasteiger partial charge in [-0.3, -0.25) is 9.78 Å². The standard InChI is InChI=1S/C15H26N4O/c1-5-6-7-8-15(2,3)11-18-14(20)12-9-17-10-13(16-4)19-12/h9-10H,5-8,11H2,1-4H3,(H,16,19)(H,18,20). The summed E-state index contributed by atoms with van der Waals surface area (Å²) in [4.78, 5) is 20.2. The number of hydrogen-bond donors (Lipinski definition) is 2. The highest BCUT2D eigenvalue weighted by Gasteiger charge is 2.19. The molecule has 0 aromatic carbocycles. The van der Waals surface area contributed by atoms with Gasteiger partial charge >= 0.3 is 0 Å². The number of amides is 1. The summed E-state index contributed by atoms with van der Waals surface area (Å²) in [7, 11) is 1.75. The molecule has 0 fully saturated rings. The molecule has 0 bridgehead atoms. The molecule has 5 nitrogen and oxygen atoms in total. The van der Waals surface area contributed by atoms with Gasteiger partial charge in [0.25, 0.3) is 5.91 Å². The first-order chi connectivity index (χ1) is 9.48. The van der Waals surface area contributed by atoms with Crippen LogP contribution in [0.1, 0.15) is 56.9 Å². The van der Waals surface area contributed by atoms with Crippen LogP contribution in [-0.2, 0) is 0 Å². The molecular formula is C15H26N4O. The number of aromatic nitrogens is 2. The van der Waals surface area contributed by atoms with Crippen molar-refractivity contribution in [2.24, 2.45) is 5.41 Å². The SMILES string of the molecule is CCCCCC(C)(C)CNC(=O)c1cncc(NC)n1. The number of rotatable bonds is 8. The summed E-state index contributed by atoms with van der Waals surface area (Å²) in [6.45, 7) is 7.21. The molecule has 5 heteroatoms. The van der Waals surface area contributed by atoms with Crippen LogP contribution in [0.25, 0.3) is 0 Å². The highest BCUT2D eigenvalue weighted by atomic mass is 16.1. The molecule has 112 valence electrons. The minimum Gasteiger partial charge on any atom is -0.372 e. The molecule has 0 saturated carbocycles. The molecule has 1 rings (SSSR count). The number of anilines is 1. The van der Waals surface area contributed by atoms with Crippen LogP contribution in [-0.4, -0.2) is 29.5 Å². The fraction of sp³-hybridized carbons (Fsp3) is 0.667. The minimum absolute atomic E-state index is 0.110. The van der Waals surface area contributed by atoms with Crippen molar-refractivity contribution in [3.63, 3.8) is 0 Å². The molecule has 0 saturated heterocycles. The highest BCUT2D eigenvalue weighted by molar-refractivity contribution is 5.92. The second-order valence-electron chi connectivity index (χ2n) is 5.84. The molecule has 20 heavy (non-hydrogen) atoms. The van der Waals surface area contributed by atoms with Gasteiger partial charge in [-0.05, 0) is 11.8 Å². The van der Waals surface area contributed by atoms with Crippen LogP contribution in [0.2, 0.25) is 0 Å². The first-order valence-electron chi connectivity index (χ1n) is 7.26. The van der Waals surface area contributed by atoms with Crippen molar-refractivity contribution in [1.29, 1.82) is 0 Å². The Hall–Kier alpha value is -1.65. The Morgan fingerprint density at radius 2 is 2.05 bits per heavy atom. The number of carbonyl (C=O) groups is 1. The van der Waals surface area contributed by atoms with E-state index in [1.807, 2.05) is 0 Å². The molecule has 2 N–H and O–H groups in total. The van der Waals surface area contributed by atoms with E-state index in [-0.39, 0.29) is 11.3 Å². The van der Waals surface area contributed by atoms with Gasteiger partial charge < -0.3 is 10.6 Å². The summed E-state index contributed by atoms with van der Waals surface area (Å²) in [6.07, 6.45) is 7.85. The fourth-order valence-corrected chi connectivity index (χ4v) is 1.95. The highest BCUT2D eigenvalue weighted by Crippen LogP contribution is 2.22.